The lowest BCUT2D eigenvalue weighted by molar-refractivity contribution is -0.173. The third kappa shape index (κ3) is 2.38. The van der Waals surface area contributed by atoms with E-state index in [0.29, 0.717) is 13.2 Å². The first kappa shape index (κ1) is 10.4. The van der Waals surface area contributed by atoms with Gasteiger partial charge in [-0.2, -0.15) is 0 Å². The van der Waals surface area contributed by atoms with E-state index in [9.17, 15) is 0 Å². The van der Waals surface area contributed by atoms with Crippen molar-refractivity contribution >= 4 is 8.53 Å². The van der Waals surface area contributed by atoms with Gasteiger partial charge in [0, 0.05) is 12.0 Å². The van der Waals surface area contributed by atoms with Gasteiger partial charge < -0.3 is 9.26 Å². The first-order chi connectivity index (χ1) is 5.56. The van der Waals surface area contributed by atoms with Crippen LogP contribution in [0.4, 0.5) is 0 Å². The third-order valence-electron chi connectivity index (χ3n) is 1.72. The maximum Gasteiger partial charge on any atom is 0.255 e. The number of hydrogen-bond acceptors (Lipinski definition) is 4. The van der Waals surface area contributed by atoms with Crippen LogP contribution in [0.2, 0.25) is 0 Å². The van der Waals surface area contributed by atoms with E-state index in [1.807, 2.05) is 20.8 Å². The second kappa shape index (κ2) is 3.99. The number of rotatable bonds is 2. The van der Waals surface area contributed by atoms with Crippen LogP contribution in [0.3, 0.4) is 0 Å². The lowest BCUT2D eigenvalue weighted by atomic mass is 9.94. The van der Waals surface area contributed by atoms with Crippen LogP contribution in [0.15, 0.2) is 0 Å². The van der Waals surface area contributed by atoms with Gasteiger partial charge in [0.25, 0.3) is 8.53 Å². The Morgan fingerprint density at radius 2 is 2.33 bits per heavy atom. The second-order valence-electron chi connectivity index (χ2n) is 3.44. The highest BCUT2D eigenvalue weighted by Crippen LogP contribution is 2.44. The summed E-state index contributed by atoms with van der Waals surface area (Å²) < 4.78 is 16.0. The molecule has 0 aliphatic carbocycles. The molecule has 0 aromatic carbocycles. The lowest BCUT2D eigenvalue weighted by Crippen LogP contribution is -2.41. The van der Waals surface area contributed by atoms with Gasteiger partial charge in [0.15, 0.2) is 6.29 Å². The summed E-state index contributed by atoms with van der Waals surface area (Å²) in [6.45, 7) is 7.25. The van der Waals surface area contributed by atoms with E-state index in [0.717, 1.165) is 0 Å². The highest BCUT2D eigenvalue weighted by atomic mass is 31.2. The van der Waals surface area contributed by atoms with Crippen molar-refractivity contribution < 1.29 is 13.8 Å². The van der Waals surface area contributed by atoms with Crippen molar-refractivity contribution in [2.24, 2.45) is 10.9 Å². The second-order valence-corrected chi connectivity index (χ2v) is 4.48. The van der Waals surface area contributed by atoms with Crippen LogP contribution in [0, 0.1) is 5.41 Å². The Labute approximate surface area is 74.3 Å². The van der Waals surface area contributed by atoms with E-state index in [1.165, 1.54) is 0 Å². The Morgan fingerprint density at radius 1 is 1.67 bits per heavy atom. The molecule has 0 amide bonds. The Hall–Kier alpha value is 0.270. The SMILES string of the molecule is CCOC1OP(N)OCC1(C)C. The fraction of sp³-hybridized carbons (Fsp3) is 1.00. The van der Waals surface area contributed by atoms with Gasteiger partial charge in [0.1, 0.15) is 0 Å². The van der Waals surface area contributed by atoms with Gasteiger partial charge >= 0.3 is 0 Å². The van der Waals surface area contributed by atoms with Crippen molar-refractivity contribution in [1.29, 1.82) is 0 Å². The van der Waals surface area contributed by atoms with Crippen molar-refractivity contribution in [1.82, 2.24) is 0 Å². The van der Waals surface area contributed by atoms with Gasteiger partial charge in [-0.15, -0.1) is 0 Å². The molecule has 5 heteroatoms. The summed E-state index contributed by atoms with van der Waals surface area (Å²) in [6, 6.07) is 0. The zero-order valence-corrected chi connectivity index (χ0v) is 8.64. The molecule has 72 valence electrons. The fourth-order valence-corrected chi connectivity index (χ4v) is 2.03. The van der Waals surface area contributed by atoms with Crippen molar-refractivity contribution in [2.75, 3.05) is 13.2 Å². The van der Waals surface area contributed by atoms with Crippen LogP contribution in [0.1, 0.15) is 20.8 Å². The minimum Gasteiger partial charge on any atom is -0.352 e. The molecule has 1 fully saturated rings. The molecule has 0 spiro atoms. The predicted octanol–water partition coefficient (Wildman–Crippen LogP) is 1.61. The molecule has 2 unspecified atom stereocenters. The molecule has 4 nitrogen and oxygen atoms in total. The largest absolute Gasteiger partial charge is 0.352 e. The van der Waals surface area contributed by atoms with E-state index in [1.54, 1.807) is 0 Å². The average Bonchev–Trinajstić information content (AvgIpc) is 1.98. The zero-order chi connectivity index (χ0) is 9.19. The molecular weight excluding hydrogens is 177 g/mol. The number of nitrogens with two attached hydrogens (primary N) is 1. The zero-order valence-electron chi connectivity index (χ0n) is 7.74. The lowest BCUT2D eigenvalue weighted by Gasteiger charge is -2.39. The van der Waals surface area contributed by atoms with Crippen LogP contribution < -0.4 is 5.50 Å². The summed E-state index contributed by atoms with van der Waals surface area (Å²) in [5, 5.41) is 0. The topological polar surface area (TPSA) is 53.7 Å². The smallest absolute Gasteiger partial charge is 0.255 e. The molecule has 0 radical (unpaired) electrons. The van der Waals surface area contributed by atoms with Crippen molar-refractivity contribution in [3.05, 3.63) is 0 Å². The average molecular weight is 193 g/mol. The molecule has 1 saturated heterocycles. The molecule has 2 atom stereocenters. The summed E-state index contributed by atoms with van der Waals surface area (Å²) in [5.41, 5.74) is 5.41. The molecule has 12 heavy (non-hydrogen) atoms. The summed E-state index contributed by atoms with van der Waals surface area (Å²) in [5.74, 6) is 0. The Bertz CT molecular complexity index is 154. The predicted molar refractivity (Wildman–Crippen MR) is 47.3 cm³/mol. The standard InChI is InChI=1S/C7H16NO3P/c1-4-9-6-7(2,3)5-10-12(8)11-6/h6H,4-5,8H2,1-3H3. The van der Waals surface area contributed by atoms with Crippen molar-refractivity contribution in [3.8, 4) is 0 Å². The molecule has 1 heterocycles. The first-order valence-corrected chi connectivity index (χ1v) is 5.27. The first-order valence-electron chi connectivity index (χ1n) is 4.02. The van der Waals surface area contributed by atoms with Gasteiger partial charge in [-0.1, -0.05) is 13.8 Å². The van der Waals surface area contributed by atoms with E-state index >= 15 is 0 Å². The van der Waals surface area contributed by atoms with Crippen LogP contribution in [-0.2, 0) is 13.8 Å². The summed E-state index contributed by atoms with van der Waals surface area (Å²) >= 11 is 0. The van der Waals surface area contributed by atoms with Crippen LogP contribution >= 0.6 is 8.53 Å². The highest BCUT2D eigenvalue weighted by Gasteiger charge is 2.38. The summed E-state index contributed by atoms with van der Waals surface area (Å²) in [4.78, 5) is 0. The molecule has 0 bridgehead atoms. The van der Waals surface area contributed by atoms with Crippen LogP contribution in [0.5, 0.6) is 0 Å². The minimum absolute atomic E-state index is 0.103. The molecule has 0 aromatic rings. The van der Waals surface area contributed by atoms with Gasteiger partial charge in [0.05, 0.1) is 6.61 Å². The van der Waals surface area contributed by atoms with Crippen molar-refractivity contribution in [3.63, 3.8) is 0 Å². The molecule has 1 aliphatic rings. The van der Waals surface area contributed by atoms with Gasteiger partial charge in [-0.05, 0) is 6.92 Å². The van der Waals surface area contributed by atoms with Crippen LogP contribution in [0.25, 0.3) is 0 Å². The monoisotopic (exact) mass is 193 g/mol. The Kier molecular flexibility index (Phi) is 3.44. The Balaban J connectivity index is 2.52. The number of hydrogen-bond donors (Lipinski definition) is 1. The van der Waals surface area contributed by atoms with E-state index in [2.05, 4.69) is 0 Å². The quantitative estimate of drug-likeness (QED) is 0.677. The van der Waals surface area contributed by atoms with Gasteiger partial charge in [-0.3, -0.25) is 10.0 Å². The van der Waals surface area contributed by atoms with E-state index in [4.69, 9.17) is 19.3 Å². The Morgan fingerprint density at radius 3 is 2.92 bits per heavy atom. The van der Waals surface area contributed by atoms with Gasteiger partial charge in [-0.25, -0.2) is 0 Å². The fourth-order valence-electron chi connectivity index (χ4n) is 0.973. The number of ether oxygens (including phenoxy) is 1. The molecule has 1 rings (SSSR count). The molecule has 1 aliphatic heterocycles. The maximum atomic E-state index is 5.52. The summed E-state index contributed by atoms with van der Waals surface area (Å²) in [7, 11) is -1.23. The maximum absolute atomic E-state index is 5.52. The minimum atomic E-state index is -1.23. The van der Waals surface area contributed by atoms with Crippen molar-refractivity contribution in [2.45, 2.75) is 27.1 Å². The third-order valence-corrected chi connectivity index (χ3v) is 2.50. The molecule has 0 aromatic heterocycles. The molecule has 0 saturated carbocycles. The normalized spacial score (nSPS) is 35.0. The highest BCUT2D eigenvalue weighted by molar-refractivity contribution is 7.44. The van der Waals surface area contributed by atoms with E-state index in [-0.39, 0.29) is 11.7 Å². The summed E-state index contributed by atoms with van der Waals surface area (Å²) in [6.07, 6.45) is -0.229. The van der Waals surface area contributed by atoms with E-state index < -0.39 is 8.53 Å². The van der Waals surface area contributed by atoms with Gasteiger partial charge in [0.2, 0.25) is 0 Å². The van der Waals surface area contributed by atoms with Crippen LogP contribution in [-0.4, -0.2) is 19.5 Å². The molecular formula is C7H16NO3P. The molecule has 2 N–H and O–H groups in total.